The van der Waals surface area contributed by atoms with Crippen molar-refractivity contribution < 1.29 is 5.11 Å². The Kier molecular flexibility index (Phi) is 4.36. The summed E-state index contributed by atoms with van der Waals surface area (Å²) in [7, 11) is 0. The molecular formula is C10H19NO2. The maximum Gasteiger partial charge on any atom is 0.0811 e. The summed E-state index contributed by atoms with van der Waals surface area (Å²) < 4.78 is 0. The van der Waals surface area contributed by atoms with Crippen LogP contribution in [0.2, 0.25) is 0 Å². The molecule has 3 atom stereocenters. The zero-order valence-electron chi connectivity index (χ0n) is 8.28. The van der Waals surface area contributed by atoms with Gasteiger partial charge >= 0.3 is 0 Å². The molecule has 0 aromatic carbocycles. The van der Waals surface area contributed by atoms with Crippen molar-refractivity contribution in [3.8, 4) is 0 Å². The van der Waals surface area contributed by atoms with Crippen LogP contribution in [0, 0.1) is 16.7 Å². The molecule has 1 fully saturated rings. The van der Waals surface area contributed by atoms with Gasteiger partial charge in [-0.2, -0.15) is 4.91 Å². The summed E-state index contributed by atoms with van der Waals surface area (Å²) in [6, 6.07) is 0. The summed E-state index contributed by atoms with van der Waals surface area (Å²) in [5.41, 5.74) is 0. The van der Waals surface area contributed by atoms with Crippen molar-refractivity contribution in [3.63, 3.8) is 0 Å². The van der Waals surface area contributed by atoms with Crippen molar-refractivity contribution in [2.45, 2.75) is 45.1 Å². The summed E-state index contributed by atoms with van der Waals surface area (Å²) in [6.45, 7) is 2.32. The molecule has 0 spiro atoms. The van der Waals surface area contributed by atoms with Gasteiger partial charge in [-0.15, -0.1) is 0 Å². The quantitative estimate of drug-likeness (QED) is 0.489. The van der Waals surface area contributed by atoms with Gasteiger partial charge in [0.25, 0.3) is 0 Å². The van der Waals surface area contributed by atoms with Crippen LogP contribution in [0.5, 0.6) is 0 Å². The molecule has 1 rings (SSSR count). The first-order valence-electron chi connectivity index (χ1n) is 5.21. The second-order valence-corrected chi connectivity index (χ2v) is 4.19. The number of aliphatic hydroxyl groups is 1. The van der Waals surface area contributed by atoms with Gasteiger partial charge in [0.15, 0.2) is 0 Å². The fourth-order valence-electron chi connectivity index (χ4n) is 1.97. The van der Waals surface area contributed by atoms with Gasteiger partial charge in [0.2, 0.25) is 0 Å². The maximum absolute atomic E-state index is 9.79. The molecule has 0 aromatic heterocycles. The second kappa shape index (κ2) is 5.32. The molecule has 0 aliphatic heterocycles. The van der Waals surface area contributed by atoms with Crippen LogP contribution in [0.4, 0.5) is 0 Å². The highest BCUT2D eigenvalue weighted by atomic mass is 16.3. The van der Waals surface area contributed by atoms with E-state index in [2.05, 4.69) is 5.18 Å². The molecule has 3 heteroatoms. The Labute approximate surface area is 79.5 Å². The first kappa shape index (κ1) is 10.6. The lowest BCUT2D eigenvalue weighted by atomic mass is 10.1. The van der Waals surface area contributed by atoms with E-state index in [4.69, 9.17) is 5.11 Å². The molecule has 13 heavy (non-hydrogen) atoms. The zero-order valence-corrected chi connectivity index (χ0v) is 8.28. The van der Waals surface area contributed by atoms with E-state index in [1.54, 1.807) is 0 Å². The number of aliphatic hydroxyl groups excluding tert-OH is 1. The lowest BCUT2D eigenvalue weighted by molar-refractivity contribution is 0.174. The minimum absolute atomic E-state index is 0.147. The Morgan fingerprint density at radius 2 is 2.23 bits per heavy atom. The van der Waals surface area contributed by atoms with E-state index < -0.39 is 0 Å². The highest BCUT2D eigenvalue weighted by molar-refractivity contribution is 4.86. The third-order valence-electron chi connectivity index (χ3n) is 2.79. The SMILES string of the molecule is CC(O)CC1C[C@@H]1CCCCN=O. The van der Waals surface area contributed by atoms with Gasteiger partial charge in [-0.3, -0.25) is 0 Å². The Bertz CT molecular complexity index is 159. The molecule has 76 valence electrons. The first-order valence-corrected chi connectivity index (χ1v) is 5.21. The summed E-state index contributed by atoms with van der Waals surface area (Å²) in [4.78, 5) is 9.79. The standard InChI is InChI=1S/C10H19NO2/c1-8(12)6-10-7-9(10)4-2-3-5-11-13/h8-10,12H,2-7H2,1H3/t8?,9-,10?/m0/s1. The van der Waals surface area contributed by atoms with Crippen LogP contribution >= 0.6 is 0 Å². The predicted molar refractivity (Wildman–Crippen MR) is 52.4 cm³/mol. The normalized spacial score (nSPS) is 28.5. The van der Waals surface area contributed by atoms with Crippen molar-refractivity contribution in [3.05, 3.63) is 4.91 Å². The van der Waals surface area contributed by atoms with E-state index in [0.29, 0.717) is 6.54 Å². The summed E-state index contributed by atoms with van der Waals surface area (Å²) in [5, 5.41) is 12.0. The Morgan fingerprint density at radius 3 is 2.85 bits per heavy atom. The van der Waals surface area contributed by atoms with Crippen LogP contribution in [0.1, 0.15) is 39.0 Å². The Morgan fingerprint density at radius 1 is 1.46 bits per heavy atom. The van der Waals surface area contributed by atoms with E-state index in [0.717, 1.165) is 31.1 Å². The Hall–Kier alpha value is -0.440. The highest BCUT2D eigenvalue weighted by Crippen LogP contribution is 2.45. The predicted octanol–water partition coefficient (Wildman–Crippen LogP) is 2.33. The van der Waals surface area contributed by atoms with Crippen LogP contribution in [0.15, 0.2) is 5.18 Å². The zero-order chi connectivity index (χ0) is 9.68. The van der Waals surface area contributed by atoms with Gasteiger partial charge < -0.3 is 5.11 Å². The largest absolute Gasteiger partial charge is 0.393 e. The monoisotopic (exact) mass is 185 g/mol. The van der Waals surface area contributed by atoms with Gasteiger partial charge in [-0.25, -0.2) is 0 Å². The first-order chi connectivity index (χ1) is 6.24. The highest BCUT2D eigenvalue weighted by Gasteiger charge is 2.36. The van der Waals surface area contributed by atoms with Gasteiger partial charge in [0.05, 0.1) is 12.6 Å². The van der Waals surface area contributed by atoms with Crippen LogP contribution < -0.4 is 0 Å². The lowest BCUT2D eigenvalue weighted by Gasteiger charge is -2.02. The topological polar surface area (TPSA) is 49.7 Å². The number of unbranched alkanes of at least 4 members (excludes halogenated alkanes) is 1. The molecule has 3 nitrogen and oxygen atoms in total. The number of nitrogens with zero attached hydrogens (tertiary/aromatic N) is 1. The summed E-state index contributed by atoms with van der Waals surface area (Å²) >= 11 is 0. The third-order valence-corrected chi connectivity index (χ3v) is 2.79. The van der Waals surface area contributed by atoms with Gasteiger partial charge in [-0.05, 0) is 38.0 Å². The average Bonchev–Trinajstić information content (AvgIpc) is 2.76. The second-order valence-electron chi connectivity index (χ2n) is 4.19. The molecule has 0 saturated heterocycles. The van der Waals surface area contributed by atoms with Crippen molar-refractivity contribution in [2.24, 2.45) is 17.0 Å². The summed E-state index contributed by atoms with van der Waals surface area (Å²) in [5.74, 6) is 1.57. The van der Waals surface area contributed by atoms with Gasteiger partial charge in [0, 0.05) is 0 Å². The Balaban J connectivity index is 1.92. The van der Waals surface area contributed by atoms with E-state index >= 15 is 0 Å². The summed E-state index contributed by atoms with van der Waals surface area (Å²) in [6.07, 6.45) is 5.35. The van der Waals surface area contributed by atoms with E-state index in [1.807, 2.05) is 6.92 Å². The van der Waals surface area contributed by atoms with E-state index in [1.165, 1.54) is 12.8 Å². The van der Waals surface area contributed by atoms with E-state index in [-0.39, 0.29) is 6.10 Å². The molecule has 1 aliphatic carbocycles. The van der Waals surface area contributed by atoms with Crippen molar-refractivity contribution >= 4 is 0 Å². The van der Waals surface area contributed by atoms with Crippen LogP contribution in [0.3, 0.4) is 0 Å². The van der Waals surface area contributed by atoms with Gasteiger partial charge in [0.1, 0.15) is 0 Å². The number of rotatable bonds is 7. The maximum atomic E-state index is 9.79. The molecular weight excluding hydrogens is 166 g/mol. The number of nitroso groups, excluding NO2 is 1. The fraction of sp³-hybridized carbons (Fsp3) is 1.00. The molecule has 1 saturated carbocycles. The minimum atomic E-state index is -0.147. The van der Waals surface area contributed by atoms with Crippen molar-refractivity contribution in [1.29, 1.82) is 0 Å². The van der Waals surface area contributed by atoms with E-state index in [9.17, 15) is 4.91 Å². The lowest BCUT2D eigenvalue weighted by Crippen LogP contribution is -2.01. The van der Waals surface area contributed by atoms with Gasteiger partial charge in [-0.1, -0.05) is 18.0 Å². The van der Waals surface area contributed by atoms with Crippen LogP contribution in [0.25, 0.3) is 0 Å². The fourth-order valence-corrected chi connectivity index (χ4v) is 1.97. The average molecular weight is 185 g/mol. The minimum Gasteiger partial charge on any atom is -0.393 e. The molecule has 0 amide bonds. The third kappa shape index (κ3) is 4.36. The molecule has 0 radical (unpaired) electrons. The van der Waals surface area contributed by atoms with Crippen LogP contribution in [-0.2, 0) is 0 Å². The molecule has 0 bridgehead atoms. The smallest absolute Gasteiger partial charge is 0.0811 e. The van der Waals surface area contributed by atoms with Crippen molar-refractivity contribution in [1.82, 2.24) is 0 Å². The molecule has 2 unspecified atom stereocenters. The molecule has 1 aliphatic rings. The molecule has 0 aromatic rings. The number of hydrogen-bond donors (Lipinski definition) is 1. The van der Waals surface area contributed by atoms with Crippen LogP contribution in [-0.4, -0.2) is 17.8 Å². The molecule has 1 N–H and O–H groups in total. The van der Waals surface area contributed by atoms with Crippen molar-refractivity contribution in [2.75, 3.05) is 6.54 Å². The number of hydrogen-bond acceptors (Lipinski definition) is 3. The molecule has 0 heterocycles.